The second kappa shape index (κ2) is 4.96. The summed E-state index contributed by atoms with van der Waals surface area (Å²) in [5.74, 6) is 0. The Kier molecular flexibility index (Phi) is 3.54. The molecule has 0 saturated carbocycles. The lowest BCUT2D eigenvalue weighted by Gasteiger charge is -2.25. The molecule has 18 heavy (non-hydrogen) atoms. The zero-order valence-electron chi connectivity index (χ0n) is 10.7. The molecule has 4 N–H and O–H groups in total. The highest BCUT2D eigenvalue weighted by Crippen LogP contribution is 2.13. The predicted molar refractivity (Wildman–Crippen MR) is 71.5 cm³/mol. The first-order valence-electron chi connectivity index (χ1n) is 6.07. The van der Waals surface area contributed by atoms with Crippen LogP contribution in [0.1, 0.15) is 25.8 Å². The number of nitrogens with one attached hydrogen (secondary N) is 3. The predicted octanol–water partition coefficient (Wildman–Crippen LogP) is 1.11. The summed E-state index contributed by atoms with van der Waals surface area (Å²) in [5, 5.41) is 12.3. The molecule has 1 heterocycles. The molecule has 0 radical (unpaired) electrons. The van der Waals surface area contributed by atoms with E-state index in [0.717, 1.165) is 16.6 Å². The van der Waals surface area contributed by atoms with E-state index in [2.05, 4.69) is 29.1 Å². The first-order valence-corrected chi connectivity index (χ1v) is 6.07. The molecule has 1 aromatic heterocycles. The van der Waals surface area contributed by atoms with Crippen LogP contribution in [0.3, 0.4) is 0 Å². The molecule has 2 aromatic rings. The Bertz CT molecular complexity index is 583. The van der Waals surface area contributed by atoms with E-state index in [1.165, 1.54) is 0 Å². The smallest absolute Gasteiger partial charge is 0.323 e. The van der Waals surface area contributed by atoms with Gasteiger partial charge < -0.3 is 20.4 Å². The van der Waals surface area contributed by atoms with E-state index in [4.69, 9.17) is 5.11 Å². The fourth-order valence-electron chi connectivity index (χ4n) is 1.90. The van der Waals surface area contributed by atoms with Crippen molar-refractivity contribution >= 4 is 11.0 Å². The number of aromatic amines is 2. The molecule has 0 atom stereocenters. The van der Waals surface area contributed by atoms with Crippen molar-refractivity contribution in [1.82, 2.24) is 15.3 Å². The number of aliphatic hydroxyl groups excluding tert-OH is 1. The van der Waals surface area contributed by atoms with Crippen LogP contribution in [0.15, 0.2) is 23.0 Å². The molecular formula is C13H19N3O2. The van der Waals surface area contributed by atoms with Crippen molar-refractivity contribution in [3.63, 3.8) is 0 Å². The first-order chi connectivity index (χ1) is 8.50. The van der Waals surface area contributed by atoms with Crippen molar-refractivity contribution in [2.75, 3.05) is 6.61 Å². The number of hydrogen-bond donors (Lipinski definition) is 4. The van der Waals surface area contributed by atoms with Crippen LogP contribution in [-0.2, 0) is 6.54 Å². The summed E-state index contributed by atoms with van der Waals surface area (Å²) in [5.41, 5.74) is 2.45. The van der Waals surface area contributed by atoms with Gasteiger partial charge in [0.1, 0.15) is 0 Å². The number of imidazole rings is 1. The number of aromatic nitrogens is 2. The van der Waals surface area contributed by atoms with Gasteiger partial charge in [-0.25, -0.2) is 4.79 Å². The van der Waals surface area contributed by atoms with Crippen LogP contribution in [0, 0.1) is 0 Å². The molecular weight excluding hydrogens is 230 g/mol. The fraction of sp³-hybridized carbons (Fsp3) is 0.462. The molecule has 0 bridgehead atoms. The highest BCUT2D eigenvalue weighted by atomic mass is 16.3. The van der Waals surface area contributed by atoms with Gasteiger partial charge in [0, 0.05) is 18.7 Å². The third-order valence-corrected chi connectivity index (χ3v) is 3.09. The Morgan fingerprint density at radius 1 is 1.28 bits per heavy atom. The third-order valence-electron chi connectivity index (χ3n) is 3.09. The Hall–Kier alpha value is -1.59. The summed E-state index contributed by atoms with van der Waals surface area (Å²) in [6, 6.07) is 5.83. The van der Waals surface area contributed by atoms with Gasteiger partial charge in [-0.05, 0) is 38.0 Å². The molecule has 0 aliphatic rings. The normalized spacial score (nSPS) is 12.2. The van der Waals surface area contributed by atoms with E-state index < -0.39 is 0 Å². The SMILES string of the molecule is CC(C)(CCO)NCc1ccc2[nH]c(=O)[nH]c2c1. The topological polar surface area (TPSA) is 80.9 Å². The van der Waals surface area contributed by atoms with Crippen LogP contribution in [0.2, 0.25) is 0 Å². The molecule has 5 nitrogen and oxygen atoms in total. The van der Waals surface area contributed by atoms with Crippen molar-refractivity contribution in [3.05, 3.63) is 34.2 Å². The van der Waals surface area contributed by atoms with E-state index >= 15 is 0 Å². The van der Waals surface area contributed by atoms with Crippen LogP contribution in [0.5, 0.6) is 0 Å². The summed E-state index contributed by atoms with van der Waals surface area (Å²) in [7, 11) is 0. The number of H-pyrrole nitrogens is 2. The summed E-state index contributed by atoms with van der Waals surface area (Å²) in [6.07, 6.45) is 0.705. The minimum absolute atomic E-state index is 0.102. The largest absolute Gasteiger partial charge is 0.396 e. The van der Waals surface area contributed by atoms with Crippen LogP contribution in [-0.4, -0.2) is 27.2 Å². The Labute approximate surface area is 105 Å². The Morgan fingerprint density at radius 2 is 2.00 bits per heavy atom. The van der Waals surface area contributed by atoms with Crippen molar-refractivity contribution in [2.24, 2.45) is 0 Å². The maximum atomic E-state index is 11.1. The summed E-state index contributed by atoms with van der Waals surface area (Å²) in [4.78, 5) is 16.6. The maximum Gasteiger partial charge on any atom is 0.323 e. The highest BCUT2D eigenvalue weighted by Gasteiger charge is 2.15. The molecule has 5 heteroatoms. The van der Waals surface area contributed by atoms with Crippen molar-refractivity contribution in [3.8, 4) is 0 Å². The molecule has 0 spiro atoms. The monoisotopic (exact) mass is 249 g/mol. The summed E-state index contributed by atoms with van der Waals surface area (Å²) in [6.45, 7) is 4.99. The lowest BCUT2D eigenvalue weighted by atomic mass is 10.0. The van der Waals surface area contributed by atoms with E-state index in [9.17, 15) is 4.79 Å². The van der Waals surface area contributed by atoms with E-state index in [1.54, 1.807) is 0 Å². The zero-order chi connectivity index (χ0) is 13.2. The third kappa shape index (κ3) is 3.00. The second-order valence-electron chi connectivity index (χ2n) is 5.17. The Balaban J connectivity index is 2.10. The van der Waals surface area contributed by atoms with Crippen LogP contribution < -0.4 is 11.0 Å². The lowest BCUT2D eigenvalue weighted by molar-refractivity contribution is 0.230. The molecule has 0 amide bonds. The van der Waals surface area contributed by atoms with Gasteiger partial charge in [-0.2, -0.15) is 0 Å². The van der Waals surface area contributed by atoms with E-state index in [0.29, 0.717) is 13.0 Å². The van der Waals surface area contributed by atoms with Gasteiger partial charge in [-0.15, -0.1) is 0 Å². The molecule has 2 rings (SSSR count). The standard InChI is InChI=1S/C13H19N3O2/c1-13(2,5-6-17)14-8-9-3-4-10-11(7-9)16-12(18)15-10/h3-4,7,14,17H,5-6,8H2,1-2H3,(H2,15,16,18). The number of hydrogen-bond acceptors (Lipinski definition) is 3. The minimum atomic E-state index is -0.185. The van der Waals surface area contributed by atoms with Crippen LogP contribution in [0.4, 0.5) is 0 Å². The van der Waals surface area contributed by atoms with Gasteiger partial charge in [0.05, 0.1) is 11.0 Å². The molecule has 0 aliphatic carbocycles. The molecule has 0 unspecified atom stereocenters. The van der Waals surface area contributed by atoms with Crippen LogP contribution in [0.25, 0.3) is 11.0 Å². The summed E-state index contributed by atoms with van der Waals surface area (Å²) >= 11 is 0. The average Bonchev–Trinajstić information content (AvgIpc) is 2.65. The van der Waals surface area contributed by atoms with Gasteiger partial charge in [0.25, 0.3) is 0 Å². The van der Waals surface area contributed by atoms with E-state index in [-0.39, 0.29) is 17.8 Å². The van der Waals surface area contributed by atoms with Gasteiger partial charge in [-0.3, -0.25) is 0 Å². The number of rotatable bonds is 5. The lowest BCUT2D eigenvalue weighted by Crippen LogP contribution is -2.39. The number of benzene rings is 1. The quantitative estimate of drug-likeness (QED) is 0.640. The summed E-state index contributed by atoms with van der Waals surface area (Å²) < 4.78 is 0. The highest BCUT2D eigenvalue weighted by molar-refractivity contribution is 5.74. The Morgan fingerprint density at radius 3 is 2.72 bits per heavy atom. The van der Waals surface area contributed by atoms with E-state index in [1.807, 2.05) is 18.2 Å². The van der Waals surface area contributed by atoms with Crippen molar-refractivity contribution in [1.29, 1.82) is 0 Å². The fourth-order valence-corrected chi connectivity index (χ4v) is 1.90. The van der Waals surface area contributed by atoms with Crippen molar-refractivity contribution < 1.29 is 5.11 Å². The molecule has 1 aromatic carbocycles. The van der Waals surface area contributed by atoms with Crippen LogP contribution >= 0.6 is 0 Å². The van der Waals surface area contributed by atoms with Gasteiger partial charge >= 0.3 is 5.69 Å². The van der Waals surface area contributed by atoms with Gasteiger partial charge in [-0.1, -0.05) is 6.07 Å². The maximum absolute atomic E-state index is 11.1. The zero-order valence-corrected chi connectivity index (χ0v) is 10.7. The number of aliphatic hydroxyl groups is 1. The number of fused-ring (bicyclic) bond motifs is 1. The second-order valence-corrected chi connectivity index (χ2v) is 5.17. The van der Waals surface area contributed by atoms with Gasteiger partial charge in [0.2, 0.25) is 0 Å². The molecule has 0 aliphatic heterocycles. The minimum Gasteiger partial charge on any atom is -0.396 e. The molecule has 0 saturated heterocycles. The van der Waals surface area contributed by atoms with Crippen molar-refractivity contribution in [2.45, 2.75) is 32.4 Å². The average molecular weight is 249 g/mol. The molecule has 98 valence electrons. The van der Waals surface area contributed by atoms with Gasteiger partial charge in [0.15, 0.2) is 0 Å². The first kappa shape index (κ1) is 12.9. The molecule has 0 fully saturated rings.